The van der Waals surface area contributed by atoms with Gasteiger partial charge in [0, 0.05) is 18.8 Å². The molecule has 0 aromatic carbocycles. The molecular formula is C15H28N4. The van der Waals surface area contributed by atoms with Crippen molar-refractivity contribution in [2.75, 3.05) is 20.1 Å². The Kier molecular flexibility index (Phi) is 4.99. The Labute approximate surface area is 117 Å². The van der Waals surface area contributed by atoms with E-state index in [1.165, 1.54) is 31.6 Å². The van der Waals surface area contributed by atoms with Crippen LogP contribution in [-0.2, 0) is 6.54 Å². The van der Waals surface area contributed by atoms with E-state index in [4.69, 9.17) is 5.73 Å². The lowest BCUT2D eigenvalue weighted by Gasteiger charge is -2.29. The highest BCUT2D eigenvalue weighted by molar-refractivity contribution is 5.05. The van der Waals surface area contributed by atoms with Gasteiger partial charge in [-0.25, -0.2) is 4.98 Å². The normalized spacial score (nSPS) is 20.1. The minimum absolute atomic E-state index is 0.119. The van der Waals surface area contributed by atoms with Crippen LogP contribution >= 0.6 is 0 Å². The van der Waals surface area contributed by atoms with E-state index in [1.54, 1.807) is 0 Å². The predicted molar refractivity (Wildman–Crippen MR) is 78.8 cm³/mol. The molecule has 2 rings (SSSR count). The SMILES string of the molecule is CC(C)CC(N)c1cncn1CC1CCN(C)CC1. The maximum absolute atomic E-state index is 6.30. The van der Waals surface area contributed by atoms with E-state index in [0.29, 0.717) is 5.92 Å². The van der Waals surface area contributed by atoms with Crippen LogP contribution in [0.25, 0.3) is 0 Å². The van der Waals surface area contributed by atoms with Crippen molar-refractivity contribution in [3.63, 3.8) is 0 Å². The summed E-state index contributed by atoms with van der Waals surface area (Å²) in [6.45, 7) is 7.95. The molecule has 0 aliphatic carbocycles. The van der Waals surface area contributed by atoms with Crippen LogP contribution in [0.3, 0.4) is 0 Å². The first-order chi connectivity index (χ1) is 9.06. The third-order valence-corrected chi connectivity index (χ3v) is 4.14. The minimum Gasteiger partial charge on any atom is -0.333 e. The third kappa shape index (κ3) is 4.05. The lowest BCUT2D eigenvalue weighted by molar-refractivity contribution is 0.203. The van der Waals surface area contributed by atoms with Crippen molar-refractivity contribution in [1.29, 1.82) is 0 Å². The molecule has 19 heavy (non-hydrogen) atoms. The van der Waals surface area contributed by atoms with Crippen molar-refractivity contribution < 1.29 is 0 Å². The summed E-state index contributed by atoms with van der Waals surface area (Å²) in [5, 5.41) is 0. The highest BCUT2D eigenvalue weighted by Gasteiger charge is 2.19. The fourth-order valence-corrected chi connectivity index (χ4v) is 2.94. The van der Waals surface area contributed by atoms with Gasteiger partial charge < -0.3 is 15.2 Å². The molecule has 2 heterocycles. The summed E-state index contributed by atoms with van der Waals surface area (Å²) in [7, 11) is 2.21. The van der Waals surface area contributed by atoms with Crippen molar-refractivity contribution in [2.45, 2.75) is 45.7 Å². The highest BCUT2D eigenvalue weighted by Crippen LogP contribution is 2.22. The zero-order valence-electron chi connectivity index (χ0n) is 12.5. The Balaban J connectivity index is 1.95. The van der Waals surface area contributed by atoms with Gasteiger partial charge in [0.25, 0.3) is 0 Å². The van der Waals surface area contributed by atoms with Crippen LogP contribution in [0.15, 0.2) is 12.5 Å². The van der Waals surface area contributed by atoms with Crippen molar-refractivity contribution in [1.82, 2.24) is 14.5 Å². The van der Waals surface area contributed by atoms with Crippen molar-refractivity contribution >= 4 is 0 Å². The molecule has 0 radical (unpaired) electrons. The summed E-state index contributed by atoms with van der Waals surface area (Å²) < 4.78 is 2.28. The summed E-state index contributed by atoms with van der Waals surface area (Å²) in [4.78, 5) is 6.72. The molecule has 1 unspecified atom stereocenters. The number of hydrogen-bond donors (Lipinski definition) is 1. The molecule has 0 spiro atoms. The van der Waals surface area contributed by atoms with Crippen molar-refractivity contribution in [3.05, 3.63) is 18.2 Å². The lowest BCUT2D eigenvalue weighted by atomic mass is 9.96. The molecule has 1 aliphatic heterocycles. The molecule has 1 aliphatic rings. The van der Waals surface area contributed by atoms with Gasteiger partial charge in [-0.05, 0) is 51.2 Å². The molecule has 1 atom stereocenters. The average Bonchev–Trinajstić information content (AvgIpc) is 2.79. The first kappa shape index (κ1) is 14.5. The first-order valence-electron chi connectivity index (χ1n) is 7.50. The lowest BCUT2D eigenvalue weighted by Crippen LogP contribution is -2.32. The molecule has 0 bridgehead atoms. The minimum atomic E-state index is 0.119. The summed E-state index contributed by atoms with van der Waals surface area (Å²) in [6, 6.07) is 0.119. The maximum Gasteiger partial charge on any atom is 0.0948 e. The van der Waals surface area contributed by atoms with E-state index in [1.807, 2.05) is 12.5 Å². The molecule has 1 aromatic rings. The standard InChI is InChI=1S/C15H28N4/c1-12(2)8-14(16)15-9-17-11-19(15)10-13-4-6-18(3)7-5-13/h9,11-14H,4-8,10,16H2,1-3H3. The number of aromatic nitrogens is 2. The Morgan fingerprint density at radius 3 is 2.68 bits per heavy atom. The highest BCUT2D eigenvalue weighted by atomic mass is 15.1. The fraction of sp³-hybridized carbons (Fsp3) is 0.800. The number of rotatable bonds is 5. The van der Waals surface area contributed by atoms with Crippen LogP contribution < -0.4 is 5.73 Å². The average molecular weight is 264 g/mol. The molecule has 1 aromatic heterocycles. The molecule has 108 valence electrons. The second-order valence-electron chi connectivity index (χ2n) is 6.45. The molecule has 1 fully saturated rings. The van der Waals surface area contributed by atoms with Crippen LogP contribution in [0.5, 0.6) is 0 Å². The number of imidazole rings is 1. The number of piperidine rings is 1. The number of nitrogens with two attached hydrogens (primary N) is 1. The topological polar surface area (TPSA) is 47.1 Å². The van der Waals surface area contributed by atoms with Crippen molar-refractivity contribution in [3.8, 4) is 0 Å². The maximum atomic E-state index is 6.30. The summed E-state index contributed by atoms with van der Waals surface area (Å²) in [6.07, 6.45) is 7.50. The molecule has 0 saturated carbocycles. The molecule has 4 heteroatoms. The van der Waals surface area contributed by atoms with E-state index in [9.17, 15) is 0 Å². The number of nitrogens with zero attached hydrogens (tertiary/aromatic N) is 3. The fourth-order valence-electron chi connectivity index (χ4n) is 2.94. The van der Waals surface area contributed by atoms with E-state index in [0.717, 1.165) is 18.9 Å². The second-order valence-corrected chi connectivity index (χ2v) is 6.45. The zero-order chi connectivity index (χ0) is 13.8. The smallest absolute Gasteiger partial charge is 0.0948 e. The summed E-state index contributed by atoms with van der Waals surface area (Å²) in [5.41, 5.74) is 7.50. The van der Waals surface area contributed by atoms with Gasteiger partial charge in [0.1, 0.15) is 0 Å². The first-order valence-corrected chi connectivity index (χ1v) is 7.50. The van der Waals surface area contributed by atoms with Gasteiger partial charge in [-0.2, -0.15) is 0 Å². The van der Waals surface area contributed by atoms with Gasteiger partial charge in [0.15, 0.2) is 0 Å². The Bertz CT molecular complexity index is 377. The number of hydrogen-bond acceptors (Lipinski definition) is 3. The van der Waals surface area contributed by atoms with E-state index in [2.05, 4.69) is 35.3 Å². The van der Waals surface area contributed by atoms with Crippen LogP contribution in [0.4, 0.5) is 0 Å². The molecule has 1 saturated heterocycles. The van der Waals surface area contributed by atoms with Crippen LogP contribution in [0, 0.1) is 11.8 Å². The quantitative estimate of drug-likeness (QED) is 0.887. The van der Waals surface area contributed by atoms with E-state index >= 15 is 0 Å². The largest absolute Gasteiger partial charge is 0.333 e. The second kappa shape index (κ2) is 6.53. The van der Waals surface area contributed by atoms with Gasteiger partial charge in [-0.3, -0.25) is 0 Å². The van der Waals surface area contributed by atoms with Crippen LogP contribution in [0.1, 0.15) is 44.8 Å². The zero-order valence-corrected chi connectivity index (χ0v) is 12.5. The van der Waals surface area contributed by atoms with Crippen molar-refractivity contribution in [2.24, 2.45) is 17.6 Å². The van der Waals surface area contributed by atoms with Gasteiger partial charge in [-0.15, -0.1) is 0 Å². The summed E-state index contributed by atoms with van der Waals surface area (Å²) in [5.74, 6) is 1.40. The summed E-state index contributed by atoms with van der Waals surface area (Å²) >= 11 is 0. The Morgan fingerprint density at radius 1 is 1.37 bits per heavy atom. The number of likely N-dealkylation sites (tertiary alicyclic amines) is 1. The van der Waals surface area contributed by atoms with Gasteiger partial charge in [-0.1, -0.05) is 13.8 Å². The van der Waals surface area contributed by atoms with E-state index in [-0.39, 0.29) is 6.04 Å². The van der Waals surface area contributed by atoms with Gasteiger partial charge in [0.2, 0.25) is 0 Å². The van der Waals surface area contributed by atoms with Crippen LogP contribution in [0.2, 0.25) is 0 Å². The predicted octanol–water partition coefficient (Wildman–Crippen LogP) is 2.27. The van der Waals surface area contributed by atoms with E-state index < -0.39 is 0 Å². The van der Waals surface area contributed by atoms with Crippen LogP contribution in [-0.4, -0.2) is 34.6 Å². The molecule has 4 nitrogen and oxygen atoms in total. The Morgan fingerprint density at radius 2 is 2.05 bits per heavy atom. The molecular weight excluding hydrogens is 236 g/mol. The molecule has 0 amide bonds. The van der Waals surface area contributed by atoms with Gasteiger partial charge in [0.05, 0.1) is 12.0 Å². The van der Waals surface area contributed by atoms with Gasteiger partial charge >= 0.3 is 0 Å². The third-order valence-electron chi connectivity index (χ3n) is 4.14. The Hall–Kier alpha value is -0.870. The monoisotopic (exact) mass is 264 g/mol. The molecule has 2 N–H and O–H groups in total.